The molecule has 4 fully saturated rings. The van der Waals surface area contributed by atoms with Crippen LogP contribution in [0, 0.1) is 27.6 Å². The molecule has 49 heteroatoms. The van der Waals surface area contributed by atoms with Gasteiger partial charge in [-0.05, 0) is 96.1 Å². The average Bonchev–Trinajstić information content (AvgIpc) is 0.666. The standard InChI is InChI=1S/C81H118N18O27S4/c1-40-51(31-81(117)63(124-71(113)44-22-16-13-17-23-44)61-79(9,62(105)59(119-11)57(40)78(81,7)8)52(118-10)30-53-80(61,39-121-53)125-42(3)101)122-72(114)60(58(43-20-14-12-15-21-43)99-75(115)126-77(4,5)6)123-76(116)120-28-29-127-129-37-49(64(83)106)97-70(112)50-38-130-128-36-45(82)66(108)92-34-56(104)94-46(24-18-26-88-73(84)85)68(110)96-47(25-19-27-89-74(86)87)67(109)93-41(2)65(107)91-32-54(102)90-33-55(103)95-48(35-100)69(111)98-50/h12-17,20-23,41,45-53,58-61,63,100,117H,18-19,24-39,82H2,1-11H3,(H2,83,106)(H,90,102)(H,91,107)(H,92,108)(H,93,109)(H,94,104)(H,95,103)(H,96,110)(H,97,112)(H,98,111)(H,99,115)(H4,84,85,88)(H4,86,87,89)/t41-,45-,46-,47-,48-,49-,50-,51?,52+,53-,58+,59-,60?,61+,63+,79-,80+,81-/m0/s1. The minimum atomic E-state index is -2.46. The van der Waals surface area contributed by atoms with Crippen molar-refractivity contribution in [1.82, 2.24) is 63.8 Å². The van der Waals surface area contributed by atoms with Crippen molar-refractivity contribution >= 4 is 150 Å². The number of carbonyl (C=O) groups excluding carboxylic acids is 16. The van der Waals surface area contributed by atoms with Crippen LogP contribution in [0.4, 0.5) is 9.59 Å². The molecule has 0 aromatic heterocycles. The molecule has 24 N–H and O–H groups in total. The van der Waals surface area contributed by atoms with E-state index in [2.05, 4.69) is 63.8 Å². The van der Waals surface area contributed by atoms with E-state index in [4.69, 9.17) is 76.4 Å². The number of ketones is 1. The number of esters is 3. The number of methoxy groups -OCH3 is 2. The third-order valence-corrected chi connectivity index (χ3v) is 27.1. The minimum Gasteiger partial charge on any atom is -0.455 e. The van der Waals surface area contributed by atoms with Crippen molar-refractivity contribution in [2.45, 2.75) is 203 Å². The van der Waals surface area contributed by atoms with Crippen molar-refractivity contribution in [3.05, 3.63) is 82.9 Å². The van der Waals surface area contributed by atoms with Crippen molar-refractivity contribution in [3.8, 4) is 0 Å². The van der Waals surface area contributed by atoms with Gasteiger partial charge >= 0.3 is 30.2 Å². The Morgan fingerprint density at radius 2 is 1.29 bits per heavy atom. The number of fused-ring (bicyclic) bond motifs is 5. The highest BCUT2D eigenvalue weighted by Crippen LogP contribution is 2.65. The molecule has 18 atom stereocenters. The molecule has 11 amide bonds. The molecule has 2 aliphatic heterocycles. The van der Waals surface area contributed by atoms with E-state index in [1.165, 1.54) is 52.3 Å². The summed E-state index contributed by atoms with van der Waals surface area (Å²) in [6, 6.07) is 3.28. The summed E-state index contributed by atoms with van der Waals surface area (Å²) >= 11 is 0. The summed E-state index contributed by atoms with van der Waals surface area (Å²) in [6.07, 6.45) is -12.6. The fraction of sp³-hybridized carbons (Fsp3) is 0.605. The molecule has 0 spiro atoms. The molecule has 45 nitrogen and oxygen atoms in total. The SMILES string of the molecule is CO[C@@H]1C(=O)[C@@]2(C)[C@H](OC)C[C@@H]3OC[C@]3(OC(C)=O)[C@@H]2[C@@H](OC(=O)c2ccccc2)[C@@]2(O)CC(OC(=O)C(OC(=O)OCCSSC[C@H](NC(=O)[C@@H]3CSSC[C@H](N)C(=O)NCC(=O)N[C@@H](CCCNC(=N)N)C(=O)N[C@@H](CCCNC(=N)N)C(=O)N[C@@H](C)C(=O)NCC(=O)NCC(=O)N[C@@H](CO)C(=O)N3)C(N)=O)[C@H](NC(=O)OC(C)(C)C)c3ccccc3)C(C)=C1C2(C)C. The molecule has 7 rings (SSSR count). The number of aliphatic hydroxyl groups is 2. The molecule has 130 heavy (non-hydrogen) atoms. The Hall–Kier alpha value is -10.8. The lowest BCUT2D eigenvalue weighted by atomic mass is 9.44. The molecule has 5 aliphatic rings. The van der Waals surface area contributed by atoms with E-state index in [9.17, 15) is 77.3 Å². The summed E-state index contributed by atoms with van der Waals surface area (Å²) in [6.45, 7) is 9.27. The van der Waals surface area contributed by atoms with Crippen LogP contribution in [0.25, 0.3) is 0 Å². The Kier molecular flexibility index (Phi) is 39.5. The Labute approximate surface area is 765 Å². The first-order valence-electron chi connectivity index (χ1n) is 41.4. The highest BCUT2D eigenvalue weighted by atomic mass is 33.1. The van der Waals surface area contributed by atoms with Gasteiger partial charge in [-0.25, -0.2) is 19.2 Å². The molecule has 2 heterocycles. The quantitative estimate of drug-likeness (QED) is 0.00740. The topological polar surface area (TPSA) is 693 Å². The smallest absolute Gasteiger partial charge is 0.455 e. The van der Waals surface area contributed by atoms with Gasteiger partial charge in [-0.3, -0.25) is 68.4 Å². The number of nitrogens with one attached hydrogen (secondary N) is 14. The lowest BCUT2D eigenvalue weighted by Crippen LogP contribution is -2.82. The molecule has 2 unspecified atom stereocenters. The summed E-state index contributed by atoms with van der Waals surface area (Å²) < 4.78 is 54.8. The number of guanidine groups is 2. The maximum absolute atomic E-state index is 16.1. The van der Waals surface area contributed by atoms with Crippen molar-refractivity contribution in [1.29, 1.82) is 10.8 Å². The number of primary amides is 1. The number of ether oxygens (including phenoxy) is 9. The van der Waals surface area contributed by atoms with Gasteiger partial charge in [0.25, 0.3) is 0 Å². The Balaban J connectivity index is 1.09. The van der Waals surface area contributed by atoms with Gasteiger partial charge in [0.1, 0.15) is 84.5 Å². The van der Waals surface area contributed by atoms with Gasteiger partial charge in [-0.1, -0.05) is 106 Å². The molecule has 718 valence electrons. The van der Waals surface area contributed by atoms with Crippen LogP contribution in [0.3, 0.4) is 0 Å². The van der Waals surface area contributed by atoms with E-state index < -0.39 is 259 Å². The first-order chi connectivity index (χ1) is 61.3. The number of alkyl carbamates (subject to hydrolysis) is 1. The fourth-order valence-electron chi connectivity index (χ4n) is 15.7. The van der Waals surface area contributed by atoms with E-state index in [-0.39, 0.29) is 103 Å². The lowest BCUT2D eigenvalue weighted by Gasteiger charge is -2.67. The number of Topliss-reactive ketones (excluding diaryl/α,β-unsaturated/α-hetero) is 1. The van der Waals surface area contributed by atoms with Gasteiger partial charge < -0.3 is 140 Å². The molecular formula is C81H118N18O27S4. The van der Waals surface area contributed by atoms with Gasteiger partial charge in [0.05, 0.1) is 61.9 Å². The number of hydrogen-bond donors (Lipinski definition) is 20. The number of benzene rings is 2. The van der Waals surface area contributed by atoms with Crippen LogP contribution in [0.5, 0.6) is 0 Å². The Bertz CT molecular complexity index is 4480. The number of carbonyl (C=O) groups is 16. The lowest BCUT2D eigenvalue weighted by molar-refractivity contribution is -0.347. The monoisotopic (exact) mass is 1900 g/mol. The number of rotatable bonds is 29. The molecule has 3 aliphatic carbocycles. The van der Waals surface area contributed by atoms with Gasteiger partial charge in [0.15, 0.2) is 23.3 Å². The molecule has 0 radical (unpaired) electrons. The first kappa shape index (κ1) is 106. The van der Waals surface area contributed by atoms with Crippen LogP contribution in [-0.4, -0.2) is 303 Å². The summed E-state index contributed by atoms with van der Waals surface area (Å²) in [4.78, 5) is 223. The van der Waals surface area contributed by atoms with E-state index >= 15 is 9.59 Å². The van der Waals surface area contributed by atoms with Crippen LogP contribution < -0.4 is 86.7 Å². The van der Waals surface area contributed by atoms with E-state index in [1.54, 1.807) is 77.9 Å². The summed E-state index contributed by atoms with van der Waals surface area (Å²) in [5.74, 6) is -16.9. The van der Waals surface area contributed by atoms with Crippen molar-refractivity contribution < 1.29 is 130 Å². The fourth-order valence-corrected chi connectivity index (χ4v) is 20.0. The predicted molar refractivity (Wildman–Crippen MR) is 472 cm³/mol. The molecule has 2 saturated carbocycles. The van der Waals surface area contributed by atoms with Gasteiger partial charge in [-0.2, -0.15) is 0 Å². The van der Waals surface area contributed by atoms with Crippen molar-refractivity contribution in [3.63, 3.8) is 0 Å². The number of amides is 11. The predicted octanol–water partition coefficient (Wildman–Crippen LogP) is -2.89. The van der Waals surface area contributed by atoms with Crippen LogP contribution in [0.15, 0.2) is 71.8 Å². The summed E-state index contributed by atoms with van der Waals surface area (Å²) in [5, 5.41) is 68.8. The molecule has 2 aromatic rings. The zero-order valence-electron chi connectivity index (χ0n) is 73.7. The number of nitrogens with two attached hydrogens (primary N) is 4. The van der Waals surface area contributed by atoms with E-state index in [0.29, 0.717) is 0 Å². The molecular weight excluding hydrogens is 1790 g/mol. The van der Waals surface area contributed by atoms with Crippen molar-refractivity contribution in [2.24, 2.45) is 39.7 Å². The zero-order chi connectivity index (χ0) is 96.3. The van der Waals surface area contributed by atoms with Gasteiger partial charge in [0.2, 0.25) is 65.2 Å². The average molecular weight is 1900 g/mol. The van der Waals surface area contributed by atoms with Gasteiger partial charge in [0, 0.05) is 75.5 Å². The third kappa shape index (κ3) is 28.4. The van der Waals surface area contributed by atoms with E-state index in [1.807, 2.05) is 0 Å². The summed E-state index contributed by atoms with van der Waals surface area (Å²) in [5.41, 5.74) is 14.4. The highest BCUT2D eigenvalue weighted by molar-refractivity contribution is 8.77. The van der Waals surface area contributed by atoms with Crippen LogP contribution >= 0.6 is 43.2 Å². The number of aliphatic hydroxyl groups excluding tert-OH is 1. The molecule has 2 aromatic carbocycles. The second kappa shape index (κ2) is 48.4. The number of hydrogen-bond acceptors (Lipinski definition) is 34. The van der Waals surface area contributed by atoms with Crippen LogP contribution in [0.1, 0.15) is 123 Å². The normalized spacial score (nSPS) is 27.5. The third-order valence-electron chi connectivity index (χ3n) is 22.3. The highest BCUT2D eigenvalue weighted by Gasteiger charge is 2.78. The molecule has 2 bridgehead atoms. The van der Waals surface area contributed by atoms with Crippen LogP contribution in [0.2, 0.25) is 0 Å². The Morgan fingerprint density at radius 3 is 1.87 bits per heavy atom. The first-order valence-corrected chi connectivity index (χ1v) is 46.4. The van der Waals surface area contributed by atoms with Gasteiger partial charge in [-0.15, -0.1) is 0 Å². The molecule has 2 saturated heterocycles. The van der Waals surface area contributed by atoms with Crippen LogP contribution in [-0.2, 0) is 105 Å². The largest absolute Gasteiger partial charge is 0.509 e. The van der Waals surface area contributed by atoms with E-state index in [0.717, 1.165) is 50.1 Å². The second-order valence-corrected chi connectivity index (χ2v) is 38.1. The van der Waals surface area contributed by atoms with Crippen molar-refractivity contribution in [2.75, 3.05) is 89.8 Å². The second-order valence-electron chi connectivity index (χ2n) is 32.9. The Morgan fingerprint density at radius 1 is 0.715 bits per heavy atom. The minimum absolute atomic E-state index is 0.00366. The maximum Gasteiger partial charge on any atom is 0.509 e. The maximum atomic E-state index is 16.1. The zero-order valence-corrected chi connectivity index (χ0v) is 77.0. The summed E-state index contributed by atoms with van der Waals surface area (Å²) in [7, 11) is 6.28.